The molecule has 0 aromatic heterocycles. The highest BCUT2D eigenvalue weighted by molar-refractivity contribution is 7.90. The van der Waals surface area contributed by atoms with Gasteiger partial charge in [0.15, 0.2) is 9.84 Å². The van der Waals surface area contributed by atoms with Crippen molar-refractivity contribution in [1.29, 1.82) is 0 Å². The number of carbonyl (C=O) groups is 1. The van der Waals surface area contributed by atoms with Crippen LogP contribution in [0.2, 0.25) is 0 Å². The molecule has 0 bridgehead atoms. The van der Waals surface area contributed by atoms with Crippen LogP contribution in [0, 0.1) is 0 Å². The number of amides is 1. The summed E-state index contributed by atoms with van der Waals surface area (Å²) in [6, 6.07) is 14.4. The Balaban J connectivity index is 2.40. The average Bonchev–Trinajstić information content (AvgIpc) is 2.64. The van der Waals surface area contributed by atoms with Crippen molar-refractivity contribution in [2.75, 3.05) is 19.8 Å². The monoisotopic (exact) mass is 374 g/mol. The van der Waals surface area contributed by atoms with Crippen LogP contribution in [0.1, 0.15) is 36.1 Å². The van der Waals surface area contributed by atoms with Crippen LogP contribution >= 0.6 is 0 Å². The van der Waals surface area contributed by atoms with Crippen molar-refractivity contribution < 1.29 is 13.2 Å². The van der Waals surface area contributed by atoms with E-state index < -0.39 is 15.9 Å². The predicted molar refractivity (Wildman–Crippen MR) is 104 cm³/mol. The zero-order valence-corrected chi connectivity index (χ0v) is 16.3. The fraction of sp³-hybridized carbons (Fsp3) is 0.350. The molecule has 0 aliphatic carbocycles. The first kappa shape index (κ1) is 20.1. The molecule has 0 spiro atoms. The molecule has 0 saturated heterocycles. The molecular weight excluding hydrogens is 348 g/mol. The lowest BCUT2D eigenvalue weighted by atomic mass is 9.97. The second-order valence-electron chi connectivity index (χ2n) is 6.29. The summed E-state index contributed by atoms with van der Waals surface area (Å²) in [5.74, 6) is -0.0892. The third-order valence-corrected chi connectivity index (χ3v) is 5.36. The van der Waals surface area contributed by atoms with Crippen molar-refractivity contribution in [3.63, 3.8) is 0 Å². The largest absolute Gasteiger partial charge is 0.345 e. The molecule has 0 radical (unpaired) electrons. The molecule has 0 fully saturated rings. The maximum Gasteiger partial charge on any atom is 0.222 e. The van der Waals surface area contributed by atoms with Gasteiger partial charge in [-0.2, -0.15) is 0 Å². The summed E-state index contributed by atoms with van der Waals surface area (Å²) < 4.78 is 23.8. The zero-order valence-electron chi connectivity index (χ0n) is 15.5. The lowest BCUT2D eigenvalue weighted by molar-refractivity contribution is -0.121. The number of benzene rings is 2. The predicted octanol–water partition coefficient (Wildman–Crippen LogP) is 2.47. The fourth-order valence-corrected chi connectivity index (χ4v) is 3.38. The van der Waals surface area contributed by atoms with Gasteiger partial charge in [-0.1, -0.05) is 43.3 Å². The number of carbonyl (C=O) groups excluding carboxylic acids is 1. The van der Waals surface area contributed by atoms with E-state index in [0.717, 1.165) is 17.5 Å². The molecule has 26 heavy (non-hydrogen) atoms. The summed E-state index contributed by atoms with van der Waals surface area (Å²) in [4.78, 5) is 12.5. The summed E-state index contributed by atoms with van der Waals surface area (Å²) in [6.45, 7) is 2.66. The van der Waals surface area contributed by atoms with Crippen LogP contribution in [0.5, 0.6) is 0 Å². The number of sulfone groups is 1. The molecule has 1 atom stereocenters. The van der Waals surface area contributed by atoms with Crippen molar-refractivity contribution in [3.05, 3.63) is 65.2 Å². The summed E-state index contributed by atoms with van der Waals surface area (Å²) in [5, 5.41) is 5.98. The van der Waals surface area contributed by atoms with Gasteiger partial charge in [-0.05, 0) is 42.3 Å². The Morgan fingerprint density at radius 1 is 1.08 bits per heavy atom. The molecule has 1 unspecified atom stereocenters. The van der Waals surface area contributed by atoms with Gasteiger partial charge in [0.1, 0.15) is 0 Å². The first-order chi connectivity index (χ1) is 12.3. The third-order valence-electron chi connectivity index (χ3n) is 4.25. The van der Waals surface area contributed by atoms with E-state index in [-0.39, 0.29) is 10.8 Å². The SMILES string of the molecule is CCc1ccc(C(NC(=O)CCNC)c2cccc(S(C)(=O)=O)c2)cc1. The number of nitrogens with one attached hydrogen (secondary N) is 2. The van der Waals surface area contributed by atoms with E-state index in [1.165, 1.54) is 11.8 Å². The van der Waals surface area contributed by atoms with Crippen molar-refractivity contribution >= 4 is 15.7 Å². The van der Waals surface area contributed by atoms with Crippen molar-refractivity contribution in [1.82, 2.24) is 10.6 Å². The summed E-state index contributed by atoms with van der Waals surface area (Å²) in [6.07, 6.45) is 2.47. The molecule has 6 heteroatoms. The maximum absolute atomic E-state index is 12.3. The van der Waals surface area contributed by atoms with E-state index in [1.54, 1.807) is 25.2 Å². The van der Waals surface area contributed by atoms with Crippen LogP contribution in [-0.2, 0) is 21.1 Å². The topological polar surface area (TPSA) is 75.3 Å². The Morgan fingerprint density at radius 3 is 2.35 bits per heavy atom. The molecule has 5 nitrogen and oxygen atoms in total. The van der Waals surface area contributed by atoms with E-state index in [4.69, 9.17) is 0 Å². The Hall–Kier alpha value is -2.18. The van der Waals surface area contributed by atoms with E-state index in [1.807, 2.05) is 30.3 Å². The molecule has 140 valence electrons. The van der Waals surface area contributed by atoms with Crippen molar-refractivity contribution in [3.8, 4) is 0 Å². The smallest absolute Gasteiger partial charge is 0.222 e. The van der Waals surface area contributed by atoms with Crippen LogP contribution < -0.4 is 10.6 Å². The van der Waals surface area contributed by atoms with Gasteiger partial charge in [-0.25, -0.2) is 8.42 Å². The molecular formula is C20H26N2O3S. The second kappa shape index (κ2) is 8.96. The van der Waals surface area contributed by atoms with E-state index in [2.05, 4.69) is 17.6 Å². The second-order valence-corrected chi connectivity index (χ2v) is 8.31. The van der Waals surface area contributed by atoms with Crippen LogP contribution in [0.3, 0.4) is 0 Å². The molecule has 0 saturated carbocycles. The van der Waals surface area contributed by atoms with Gasteiger partial charge in [0.25, 0.3) is 0 Å². The molecule has 2 N–H and O–H groups in total. The summed E-state index contributed by atoms with van der Waals surface area (Å²) in [7, 11) is -1.52. The van der Waals surface area contributed by atoms with E-state index in [0.29, 0.717) is 13.0 Å². The molecule has 1 amide bonds. The molecule has 2 aromatic rings. The highest BCUT2D eigenvalue weighted by Gasteiger charge is 2.19. The Kier molecular flexibility index (Phi) is 6.94. The van der Waals surface area contributed by atoms with Gasteiger partial charge in [0.2, 0.25) is 5.91 Å². The van der Waals surface area contributed by atoms with E-state index >= 15 is 0 Å². The Morgan fingerprint density at radius 2 is 1.77 bits per heavy atom. The van der Waals surface area contributed by atoms with Crippen LogP contribution in [-0.4, -0.2) is 34.2 Å². The third kappa shape index (κ3) is 5.41. The molecule has 2 rings (SSSR count). The number of aryl methyl sites for hydroxylation is 1. The Labute approximate surface area is 155 Å². The number of hydrogen-bond donors (Lipinski definition) is 2. The van der Waals surface area contributed by atoms with Gasteiger partial charge in [-0.3, -0.25) is 4.79 Å². The van der Waals surface area contributed by atoms with Gasteiger partial charge >= 0.3 is 0 Å². The lowest BCUT2D eigenvalue weighted by Crippen LogP contribution is -2.31. The Bertz CT molecular complexity index is 846. The van der Waals surface area contributed by atoms with Crippen molar-refractivity contribution in [2.24, 2.45) is 0 Å². The molecule has 0 aliphatic rings. The minimum absolute atomic E-state index is 0.0892. The zero-order chi connectivity index (χ0) is 19.2. The summed E-state index contributed by atoms with van der Waals surface area (Å²) in [5.41, 5.74) is 2.87. The van der Waals surface area contributed by atoms with E-state index in [9.17, 15) is 13.2 Å². The van der Waals surface area contributed by atoms with Crippen molar-refractivity contribution in [2.45, 2.75) is 30.7 Å². The molecule has 0 heterocycles. The molecule has 2 aromatic carbocycles. The van der Waals surface area contributed by atoms with Crippen LogP contribution in [0.15, 0.2) is 53.4 Å². The quantitative estimate of drug-likeness (QED) is 0.744. The normalized spacial score (nSPS) is 12.6. The van der Waals surface area contributed by atoms with Crippen LogP contribution in [0.25, 0.3) is 0 Å². The standard InChI is InChI=1S/C20H26N2O3S/c1-4-15-8-10-16(11-9-15)20(22-19(23)12-13-21-2)17-6-5-7-18(14-17)26(3,24)25/h5-11,14,20-21H,4,12-13H2,1-3H3,(H,22,23). The molecule has 0 aliphatic heterocycles. The highest BCUT2D eigenvalue weighted by atomic mass is 32.2. The summed E-state index contributed by atoms with van der Waals surface area (Å²) >= 11 is 0. The first-order valence-corrected chi connectivity index (χ1v) is 10.6. The first-order valence-electron chi connectivity index (χ1n) is 8.68. The van der Waals surface area contributed by atoms with Gasteiger partial charge in [0.05, 0.1) is 10.9 Å². The van der Waals surface area contributed by atoms with Gasteiger partial charge < -0.3 is 10.6 Å². The van der Waals surface area contributed by atoms with Gasteiger partial charge in [-0.15, -0.1) is 0 Å². The lowest BCUT2D eigenvalue weighted by Gasteiger charge is -2.21. The van der Waals surface area contributed by atoms with Crippen LogP contribution in [0.4, 0.5) is 0 Å². The number of rotatable bonds is 8. The minimum Gasteiger partial charge on any atom is -0.345 e. The van der Waals surface area contributed by atoms with Gasteiger partial charge in [0, 0.05) is 19.2 Å². The average molecular weight is 375 g/mol. The number of hydrogen-bond acceptors (Lipinski definition) is 4. The fourth-order valence-electron chi connectivity index (χ4n) is 2.70. The minimum atomic E-state index is -3.32. The highest BCUT2D eigenvalue weighted by Crippen LogP contribution is 2.25. The maximum atomic E-state index is 12.3.